The van der Waals surface area contributed by atoms with Crippen molar-refractivity contribution in [1.29, 1.82) is 0 Å². The largest absolute Gasteiger partial charge is 0.458 e. The summed E-state index contributed by atoms with van der Waals surface area (Å²) in [4.78, 5) is 25.3. The van der Waals surface area contributed by atoms with Gasteiger partial charge in [-0.25, -0.2) is 4.79 Å². The predicted octanol–water partition coefficient (Wildman–Crippen LogP) is 1.98. The number of carbonyl (C=O) groups is 2. The van der Waals surface area contributed by atoms with Crippen LogP contribution in [0.25, 0.3) is 0 Å². The molecule has 0 aliphatic carbocycles. The van der Waals surface area contributed by atoms with Crippen LogP contribution in [0.15, 0.2) is 0 Å². The highest BCUT2D eigenvalue weighted by atomic mass is 16.6. The number of hydrogen-bond donors (Lipinski definition) is 0. The van der Waals surface area contributed by atoms with E-state index in [1.165, 1.54) is 0 Å². The van der Waals surface area contributed by atoms with E-state index < -0.39 is 11.6 Å². The third-order valence-corrected chi connectivity index (χ3v) is 3.03. The van der Waals surface area contributed by atoms with Crippen molar-refractivity contribution in [2.45, 2.75) is 59.1 Å². The Bertz CT molecular complexity index is 306. The number of nitrogens with zero attached hydrogens (tertiary/aromatic N) is 1. The summed E-state index contributed by atoms with van der Waals surface area (Å²) in [6.07, 6.45) is 1.53. The van der Waals surface area contributed by atoms with Crippen LogP contribution in [0, 0.1) is 5.92 Å². The summed E-state index contributed by atoms with van der Waals surface area (Å²) in [5.74, 6) is 0.130. The van der Waals surface area contributed by atoms with Crippen LogP contribution in [0.4, 0.5) is 0 Å². The summed E-state index contributed by atoms with van der Waals surface area (Å²) in [7, 11) is 0. The highest BCUT2D eigenvalue weighted by Crippen LogP contribution is 2.23. The molecule has 1 rings (SSSR count). The van der Waals surface area contributed by atoms with Crippen LogP contribution in [0.5, 0.6) is 0 Å². The number of carbonyl (C=O) groups excluding carboxylic acids is 2. The highest BCUT2D eigenvalue weighted by molar-refractivity contribution is 5.85. The number of hydrogen-bond acceptors (Lipinski definition) is 3. The molecule has 4 heteroatoms. The van der Waals surface area contributed by atoms with Gasteiger partial charge >= 0.3 is 5.97 Å². The molecule has 0 bridgehead atoms. The van der Waals surface area contributed by atoms with E-state index in [4.69, 9.17) is 4.74 Å². The van der Waals surface area contributed by atoms with Gasteiger partial charge in [-0.1, -0.05) is 13.3 Å². The summed E-state index contributed by atoms with van der Waals surface area (Å²) in [6, 6.07) is -0.474. The normalized spacial score (nSPS) is 22.8. The topological polar surface area (TPSA) is 46.6 Å². The van der Waals surface area contributed by atoms with Crippen LogP contribution in [0.1, 0.15) is 47.5 Å². The fourth-order valence-corrected chi connectivity index (χ4v) is 1.97. The van der Waals surface area contributed by atoms with Gasteiger partial charge in [-0.3, -0.25) is 4.79 Å². The molecule has 1 fully saturated rings. The van der Waals surface area contributed by atoms with Gasteiger partial charge in [-0.15, -0.1) is 0 Å². The molecular weight excluding hydrogens is 218 g/mol. The molecule has 1 aliphatic heterocycles. The Kier molecular flexibility index (Phi) is 4.17. The van der Waals surface area contributed by atoms with Crippen molar-refractivity contribution >= 4 is 11.9 Å². The van der Waals surface area contributed by atoms with Crippen LogP contribution in [0.3, 0.4) is 0 Å². The molecule has 0 aromatic heterocycles. The minimum absolute atomic E-state index is 0.0650. The van der Waals surface area contributed by atoms with Gasteiger partial charge in [0, 0.05) is 13.0 Å². The zero-order valence-corrected chi connectivity index (χ0v) is 11.4. The molecule has 0 saturated carbocycles. The van der Waals surface area contributed by atoms with Crippen molar-refractivity contribution in [3.05, 3.63) is 0 Å². The maximum Gasteiger partial charge on any atom is 0.329 e. The summed E-state index contributed by atoms with van der Waals surface area (Å²) in [6.45, 7) is 9.98. The van der Waals surface area contributed by atoms with E-state index in [-0.39, 0.29) is 11.9 Å². The second-order valence-corrected chi connectivity index (χ2v) is 5.73. The molecule has 4 nitrogen and oxygen atoms in total. The highest BCUT2D eigenvalue weighted by Gasteiger charge is 2.36. The first-order chi connectivity index (χ1) is 7.74. The van der Waals surface area contributed by atoms with Gasteiger partial charge in [0.2, 0.25) is 5.91 Å². The monoisotopic (exact) mass is 241 g/mol. The fourth-order valence-electron chi connectivity index (χ4n) is 1.97. The molecule has 2 atom stereocenters. The van der Waals surface area contributed by atoms with Gasteiger partial charge in [0.05, 0.1) is 0 Å². The molecule has 1 heterocycles. The number of ether oxygens (including phenoxy) is 1. The molecule has 0 spiro atoms. The van der Waals surface area contributed by atoms with E-state index >= 15 is 0 Å². The molecule has 1 amide bonds. The summed E-state index contributed by atoms with van der Waals surface area (Å²) < 4.78 is 5.30. The Balaban J connectivity index is 2.61. The first-order valence-corrected chi connectivity index (χ1v) is 6.27. The van der Waals surface area contributed by atoms with Crippen LogP contribution in [-0.4, -0.2) is 35.0 Å². The number of esters is 1. The quantitative estimate of drug-likeness (QED) is 0.710. The molecule has 0 radical (unpaired) electrons. The number of amides is 1. The van der Waals surface area contributed by atoms with Gasteiger partial charge in [0.15, 0.2) is 0 Å². The Morgan fingerprint density at radius 2 is 2.12 bits per heavy atom. The van der Waals surface area contributed by atoms with Crippen LogP contribution < -0.4 is 0 Å². The van der Waals surface area contributed by atoms with Crippen molar-refractivity contribution in [3.8, 4) is 0 Å². The molecule has 17 heavy (non-hydrogen) atoms. The first-order valence-electron chi connectivity index (χ1n) is 6.27. The first kappa shape index (κ1) is 14.0. The second-order valence-electron chi connectivity index (χ2n) is 5.73. The molecule has 0 aromatic carbocycles. The van der Waals surface area contributed by atoms with Gasteiger partial charge in [-0.2, -0.15) is 0 Å². The summed E-state index contributed by atoms with van der Waals surface area (Å²) in [5, 5.41) is 0. The SMILES string of the molecule is CCC1CC(=O)N(C(C)C(=O)OC(C)(C)C)C1. The Labute approximate surface area is 103 Å². The van der Waals surface area contributed by atoms with Gasteiger partial charge in [0.25, 0.3) is 0 Å². The maximum atomic E-state index is 11.9. The number of likely N-dealkylation sites (tertiary alicyclic amines) is 1. The standard InChI is InChI=1S/C13H23NO3/c1-6-10-7-11(15)14(8-10)9(2)12(16)17-13(3,4)5/h9-10H,6-8H2,1-5H3. The molecule has 1 saturated heterocycles. The zero-order valence-electron chi connectivity index (χ0n) is 11.4. The van der Waals surface area contributed by atoms with E-state index in [0.717, 1.165) is 6.42 Å². The molecule has 1 aliphatic rings. The van der Waals surface area contributed by atoms with Crippen LogP contribution in [0.2, 0.25) is 0 Å². The minimum atomic E-state index is -0.502. The van der Waals surface area contributed by atoms with Crippen molar-refractivity contribution in [3.63, 3.8) is 0 Å². The van der Waals surface area contributed by atoms with Crippen LogP contribution in [-0.2, 0) is 14.3 Å². The van der Waals surface area contributed by atoms with Crippen molar-refractivity contribution in [2.24, 2.45) is 5.92 Å². The maximum absolute atomic E-state index is 11.9. The van der Waals surface area contributed by atoms with E-state index in [0.29, 0.717) is 18.9 Å². The second kappa shape index (κ2) is 5.07. The molecule has 2 unspecified atom stereocenters. The van der Waals surface area contributed by atoms with Gasteiger partial charge < -0.3 is 9.64 Å². The molecule has 0 N–H and O–H groups in total. The third kappa shape index (κ3) is 3.72. The lowest BCUT2D eigenvalue weighted by atomic mass is 10.1. The van der Waals surface area contributed by atoms with Crippen molar-refractivity contribution in [1.82, 2.24) is 4.90 Å². The smallest absolute Gasteiger partial charge is 0.329 e. The molecular formula is C13H23NO3. The lowest BCUT2D eigenvalue weighted by Crippen LogP contribution is -2.43. The van der Waals surface area contributed by atoms with E-state index in [1.54, 1.807) is 11.8 Å². The van der Waals surface area contributed by atoms with Crippen molar-refractivity contribution in [2.75, 3.05) is 6.54 Å². The van der Waals surface area contributed by atoms with Gasteiger partial charge in [0.1, 0.15) is 11.6 Å². The van der Waals surface area contributed by atoms with Gasteiger partial charge in [-0.05, 0) is 33.6 Å². The Hall–Kier alpha value is -1.06. The predicted molar refractivity (Wildman–Crippen MR) is 65.4 cm³/mol. The summed E-state index contributed by atoms with van der Waals surface area (Å²) in [5.41, 5.74) is -0.502. The van der Waals surface area contributed by atoms with E-state index in [2.05, 4.69) is 6.92 Å². The lowest BCUT2D eigenvalue weighted by Gasteiger charge is -2.27. The van der Waals surface area contributed by atoms with E-state index in [9.17, 15) is 9.59 Å². The zero-order chi connectivity index (χ0) is 13.2. The molecule has 0 aromatic rings. The average molecular weight is 241 g/mol. The van der Waals surface area contributed by atoms with Crippen LogP contribution >= 0.6 is 0 Å². The Morgan fingerprint density at radius 3 is 2.53 bits per heavy atom. The van der Waals surface area contributed by atoms with Crippen molar-refractivity contribution < 1.29 is 14.3 Å². The third-order valence-electron chi connectivity index (χ3n) is 3.03. The summed E-state index contributed by atoms with van der Waals surface area (Å²) >= 11 is 0. The fraction of sp³-hybridized carbons (Fsp3) is 0.846. The minimum Gasteiger partial charge on any atom is -0.458 e. The average Bonchev–Trinajstić information content (AvgIpc) is 2.56. The van der Waals surface area contributed by atoms with E-state index in [1.807, 2.05) is 20.8 Å². The molecule has 98 valence electrons. The lowest BCUT2D eigenvalue weighted by molar-refractivity contribution is -0.163. The number of rotatable bonds is 3. The Morgan fingerprint density at radius 1 is 1.53 bits per heavy atom.